The van der Waals surface area contributed by atoms with Gasteiger partial charge < -0.3 is 15.2 Å². The monoisotopic (exact) mass is 411 g/mol. The fourth-order valence-corrected chi connectivity index (χ4v) is 2.73. The smallest absolute Gasteiger partial charge is 0.471 e. The van der Waals surface area contributed by atoms with Gasteiger partial charge in [-0.2, -0.15) is 18.3 Å². The van der Waals surface area contributed by atoms with Crippen molar-refractivity contribution in [2.24, 2.45) is 0 Å². The molecule has 1 heterocycles. The second kappa shape index (κ2) is 8.08. The van der Waals surface area contributed by atoms with Gasteiger partial charge in [0, 0.05) is 5.39 Å². The molecule has 0 spiro atoms. The van der Waals surface area contributed by atoms with Crippen LogP contribution in [0.4, 0.5) is 17.6 Å². The van der Waals surface area contributed by atoms with Crippen molar-refractivity contribution in [2.45, 2.75) is 25.2 Å². The number of amides is 1. The largest absolute Gasteiger partial charge is 0.486 e. The molecule has 0 bridgehead atoms. The Morgan fingerprint density at radius 3 is 2.55 bits per heavy atom. The number of aromatic nitrogens is 2. The Balaban J connectivity index is 1.78. The van der Waals surface area contributed by atoms with E-state index < -0.39 is 30.8 Å². The summed E-state index contributed by atoms with van der Waals surface area (Å²) >= 11 is 0. The van der Waals surface area contributed by atoms with Crippen LogP contribution in [0.5, 0.6) is 5.75 Å². The Kier molecular flexibility index (Phi) is 5.73. The molecule has 10 heteroatoms. The van der Waals surface area contributed by atoms with Gasteiger partial charge in [-0.25, -0.2) is 9.07 Å². The van der Waals surface area contributed by atoms with E-state index in [2.05, 4.69) is 5.10 Å². The van der Waals surface area contributed by atoms with Gasteiger partial charge >= 0.3 is 12.1 Å². The van der Waals surface area contributed by atoms with E-state index >= 15 is 0 Å². The average Bonchev–Trinajstić information content (AvgIpc) is 3.09. The topological polar surface area (TPSA) is 76.4 Å². The first-order valence-electron chi connectivity index (χ1n) is 8.58. The van der Waals surface area contributed by atoms with Gasteiger partial charge in [0.05, 0.1) is 30.0 Å². The maximum absolute atomic E-state index is 13.1. The fraction of sp³-hybridized carbons (Fsp3) is 0.263. The summed E-state index contributed by atoms with van der Waals surface area (Å²) in [5.74, 6) is -2.20. The summed E-state index contributed by atoms with van der Waals surface area (Å²) in [6, 6.07) is 9.50. The standard InChI is InChI=1S/C19H17F4N3O3/c1-11(25-18(28)19(21,22)23)17(10-27)29-15-6-7-16-12(8-15)9-24-26(16)14-4-2-13(20)3-5-14/h2-9,11,17,27H,10H2,1H3,(H,25,28). The number of halogens is 4. The lowest BCUT2D eigenvalue weighted by molar-refractivity contribution is -0.175. The van der Waals surface area contributed by atoms with E-state index in [9.17, 15) is 27.5 Å². The zero-order valence-electron chi connectivity index (χ0n) is 15.2. The minimum absolute atomic E-state index is 0.281. The molecule has 2 N–H and O–H groups in total. The first-order valence-corrected chi connectivity index (χ1v) is 8.58. The molecule has 1 amide bonds. The maximum Gasteiger partial charge on any atom is 0.471 e. The van der Waals surface area contributed by atoms with Gasteiger partial charge in [-0.3, -0.25) is 4.79 Å². The molecule has 3 rings (SSSR count). The summed E-state index contributed by atoms with van der Waals surface area (Å²) in [5, 5.41) is 16.1. The van der Waals surface area contributed by atoms with Crippen molar-refractivity contribution < 1.29 is 32.2 Å². The Labute approximate surface area is 162 Å². The Bertz CT molecular complexity index is 1000. The van der Waals surface area contributed by atoms with E-state index in [0.717, 1.165) is 0 Å². The normalized spacial score (nSPS) is 13.9. The number of nitrogens with zero attached hydrogens (tertiary/aromatic N) is 2. The van der Waals surface area contributed by atoms with E-state index in [1.54, 1.807) is 46.5 Å². The van der Waals surface area contributed by atoms with Crippen molar-refractivity contribution in [2.75, 3.05) is 6.61 Å². The van der Waals surface area contributed by atoms with Gasteiger partial charge in [0.2, 0.25) is 0 Å². The molecular weight excluding hydrogens is 394 g/mol. The van der Waals surface area contributed by atoms with Gasteiger partial charge in [0.15, 0.2) is 0 Å². The number of carbonyl (C=O) groups is 1. The van der Waals surface area contributed by atoms with E-state index in [4.69, 9.17) is 4.74 Å². The molecule has 29 heavy (non-hydrogen) atoms. The van der Waals surface area contributed by atoms with Crippen molar-refractivity contribution in [3.8, 4) is 11.4 Å². The van der Waals surface area contributed by atoms with Crippen molar-refractivity contribution in [1.29, 1.82) is 0 Å². The lowest BCUT2D eigenvalue weighted by Crippen LogP contribution is -2.49. The molecule has 1 aromatic heterocycles. The van der Waals surface area contributed by atoms with Crippen LogP contribution in [0.1, 0.15) is 6.92 Å². The molecule has 3 aromatic rings. The third kappa shape index (κ3) is 4.65. The van der Waals surface area contributed by atoms with Crippen LogP contribution in [0.25, 0.3) is 16.6 Å². The number of hydrogen-bond donors (Lipinski definition) is 2. The Hall–Kier alpha value is -3.14. The summed E-state index contributed by atoms with van der Waals surface area (Å²) in [6.45, 7) is 0.696. The lowest BCUT2D eigenvalue weighted by Gasteiger charge is -2.24. The summed E-state index contributed by atoms with van der Waals surface area (Å²) in [5.41, 5.74) is 1.34. The predicted molar refractivity (Wildman–Crippen MR) is 96.2 cm³/mol. The molecule has 0 aliphatic rings. The van der Waals surface area contributed by atoms with Crippen molar-refractivity contribution in [1.82, 2.24) is 15.1 Å². The molecule has 2 atom stereocenters. The third-order valence-electron chi connectivity index (χ3n) is 4.25. The number of aliphatic hydroxyl groups is 1. The minimum atomic E-state index is -5.03. The number of hydrogen-bond acceptors (Lipinski definition) is 4. The van der Waals surface area contributed by atoms with Crippen LogP contribution < -0.4 is 10.1 Å². The quantitative estimate of drug-likeness (QED) is 0.612. The highest BCUT2D eigenvalue weighted by atomic mass is 19.4. The second-order valence-electron chi connectivity index (χ2n) is 6.35. The van der Waals surface area contributed by atoms with Crippen LogP contribution in [-0.2, 0) is 4.79 Å². The van der Waals surface area contributed by atoms with E-state index in [1.807, 2.05) is 0 Å². The van der Waals surface area contributed by atoms with Gasteiger partial charge in [-0.15, -0.1) is 0 Å². The SMILES string of the molecule is CC(NC(=O)C(F)(F)F)C(CO)Oc1ccc2c(cnn2-c2ccc(F)cc2)c1. The van der Waals surface area contributed by atoms with Crippen LogP contribution in [0.15, 0.2) is 48.7 Å². The molecule has 0 aliphatic carbocycles. The summed E-state index contributed by atoms with van der Waals surface area (Å²) in [7, 11) is 0. The number of rotatable bonds is 6. The van der Waals surface area contributed by atoms with E-state index in [1.165, 1.54) is 19.1 Å². The van der Waals surface area contributed by atoms with Crippen molar-refractivity contribution >= 4 is 16.8 Å². The highest BCUT2D eigenvalue weighted by molar-refractivity contribution is 5.82. The first kappa shape index (κ1) is 20.6. The van der Waals surface area contributed by atoms with Gasteiger partial charge in [0.25, 0.3) is 0 Å². The molecule has 0 aliphatic heterocycles. The molecular formula is C19H17F4N3O3. The molecule has 2 unspecified atom stereocenters. The zero-order valence-corrected chi connectivity index (χ0v) is 15.2. The molecule has 6 nitrogen and oxygen atoms in total. The van der Waals surface area contributed by atoms with Crippen LogP contribution in [0.3, 0.4) is 0 Å². The second-order valence-corrected chi connectivity index (χ2v) is 6.35. The van der Waals surface area contributed by atoms with E-state index in [-0.39, 0.29) is 11.6 Å². The minimum Gasteiger partial charge on any atom is -0.486 e. The van der Waals surface area contributed by atoms with Gasteiger partial charge in [-0.05, 0) is 49.4 Å². The maximum atomic E-state index is 13.1. The fourth-order valence-electron chi connectivity index (χ4n) is 2.73. The van der Waals surface area contributed by atoms with Crippen LogP contribution in [0.2, 0.25) is 0 Å². The van der Waals surface area contributed by atoms with Crippen LogP contribution in [0, 0.1) is 5.82 Å². The summed E-state index contributed by atoms with van der Waals surface area (Å²) in [4.78, 5) is 11.1. The number of carbonyl (C=O) groups excluding carboxylic acids is 1. The number of aliphatic hydroxyl groups excluding tert-OH is 1. The number of ether oxygens (including phenoxy) is 1. The third-order valence-corrected chi connectivity index (χ3v) is 4.25. The number of nitrogens with one attached hydrogen (secondary N) is 1. The van der Waals surface area contributed by atoms with Crippen LogP contribution in [-0.4, -0.2) is 45.7 Å². The first-order chi connectivity index (χ1) is 13.7. The number of benzene rings is 2. The Morgan fingerprint density at radius 1 is 1.24 bits per heavy atom. The lowest BCUT2D eigenvalue weighted by atomic mass is 10.2. The summed E-state index contributed by atoms with van der Waals surface area (Å²) in [6.07, 6.45) is -4.57. The van der Waals surface area contributed by atoms with Gasteiger partial charge in [0.1, 0.15) is 17.7 Å². The zero-order chi connectivity index (χ0) is 21.2. The van der Waals surface area contributed by atoms with Crippen molar-refractivity contribution in [3.63, 3.8) is 0 Å². The molecule has 0 saturated heterocycles. The number of alkyl halides is 3. The molecule has 154 valence electrons. The predicted octanol–water partition coefficient (Wildman–Crippen LogP) is 2.97. The molecule has 0 radical (unpaired) electrons. The average molecular weight is 411 g/mol. The summed E-state index contributed by atoms with van der Waals surface area (Å²) < 4.78 is 57.4. The molecule has 0 saturated carbocycles. The van der Waals surface area contributed by atoms with Crippen molar-refractivity contribution in [3.05, 3.63) is 54.5 Å². The molecule has 2 aromatic carbocycles. The highest BCUT2D eigenvalue weighted by Gasteiger charge is 2.40. The van der Waals surface area contributed by atoms with E-state index in [0.29, 0.717) is 16.6 Å². The van der Waals surface area contributed by atoms with Crippen LogP contribution >= 0.6 is 0 Å². The Morgan fingerprint density at radius 2 is 1.93 bits per heavy atom. The molecule has 0 fully saturated rings. The number of fused-ring (bicyclic) bond motifs is 1. The highest BCUT2D eigenvalue weighted by Crippen LogP contribution is 2.24. The van der Waals surface area contributed by atoms with Gasteiger partial charge in [-0.1, -0.05) is 0 Å².